The van der Waals surface area contributed by atoms with Crippen LogP contribution >= 0.6 is 0 Å². The van der Waals surface area contributed by atoms with Gasteiger partial charge >= 0.3 is 0 Å². The van der Waals surface area contributed by atoms with E-state index in [0.717, 1.165) is 0 Å². The average Bonchev–Trinajstić information content (AvgIpc) is 1.87. The second-order valence-corrected chi connectivity index (χ2v) is 2.52. The maximum atomic E-state index is 3.28. The molecule has 0 aromatic heterocycles. The monoisotopic (exact) mass is 112 g/mol. The average molecular weight is 112 g/mol. The molecule has 0 aromatic rings. The third-order valence-corrected chi connectivity index (χ3v) is 2.16. The molecule has 0 rings (SSSR count). The molecule has 0 fully saturated rings. The number of rotatable bonds is 3. The van der Waals surface area contributed by atoms with E-state index in [9.17, 15) is 0 Å². The van der Waals surface area contributed by atoms with Crippen molar-refractivity contribution in [2.75, 3.05) is 0 Å². The standard InChI is InChI=1S/C8H16/c1-5-8(4,6-2)7-3/h5-6H2,1-4H3. The molecular formula is C8H16. The minimum atomic E-state index is 0.375. The third kappa shape index (κ3) is 1.85. The highest BCUT2D eigenvalue weighted by atomic mass is 14.2. The molecule has 0 spiro atoms. The molecule has 8 heavy (non-hydrogen) atoms. The summed E-state index contributed by atoms with van der Waals surface area (Å²) in [5.74, 6) is 0. The van der Waals surface area contributed by atoms with Gasteiger partial charge in [-0.2, -0.15) is 0 Å². The molecule has 0 aliphatic heterocycles. The third-order valence-electron chi connectivity index (χ3n) is 2.16. The first kappa shape index (κ1) is 8.00. The Morgan fingerprint density at radius 1 is 1.25 bits per heavy atom. The molecule has 0 bridgehead atoms. The Morgan fingerprint density at radius 3 is 1.62 bits per heavy atom. The maximum absolute atomic E-state index is 3.28. The highest BCUT2D eigenvalue weighted by Crippen LogP contribution is 2.27. The first-order valence-electron chi connectivity index (χ1n) is 3.37. The van der Waals surface area contributed by atoms with Crippen LogP contribution in [0.5, 0.6) is 0 Å². The van der Waals surface area contributed by atoms with Crippen molar-refractivity contribution in [1.82, 2.24) is 0 Å². The molecule has 0 saturated heterocycles. The van der Waals surface area contributed by atoms with E-state index < -0.39 is 0 Å². The lowest BCUT2D eigenvalue weighted by Crippen LogP contribution is -2.11. The Morgan fingerprint density at radius 2 is 1.62 bits per heavy atom. The van der Waals surface area contributed by atoms with Crippen LogP contribution in [0.3, 0.4) is 0 Å². The summed E-state index contributed by atoms with van der Waals surface area (Å²) in [6.45, 7) is 8.68. The molecule has 2 radical (unpaired) electrons. The SMILES string of the molecule is C[C]C(C)(CC)CC. The van der Waals surface area contributed by atoms with Gasteiger partial charge in [0, 0.05) is 0 Å². The van der Waals surface area contributed by atoms with Gasteiger partial charge in [-0.25, -0.2) is 0 Å². The highest BCUT2D eigenvalue weighted by Gasteiger charge is 2.16. The Kier molecular flexibility index (Phi) is 3.11. The maximum Gasteiger partial charge on any atom is -0.0143 e. The predicted molar refractivity (Wildman–Crippen MR) is 37.6 cm³/mol. The fraction of sp³-hybridized carbons (Fsp3) is 0.875. The number of hydrogen-bond donors (Lipinski definition) is 0. The smallest absolute Gasteiger partial charge is 0.0143 e. The Hall–Kier alpha value is 0. The molecule has 0 saturated carbocycles. The molecule has 0 aromatic carbocycles. The molecule has 0 aliphatic rings. The summed E-state index contributed by atoms with van der Waals surface area (Å²) in [4.78, 5) is 0. The fourth-order valence-corrected chi connectivity index (χ4v) is 0.604. The van der Waals surface area contributed by atoms with Crippen LogP contribution in [0.2, 0.25) is 0 Å². The predicted octanol–water partition coefficient (Wildman–Crippen LogP) is 2.91. The van der Waals surface area contributed by atoms with Gasteiger partial charge in [0.15, 0.2) is 0 Å². The zero-order valence-corrected chi connectivity index (χ0v) is 6.41. The summed E-state index contributed by atoms with van der Waals surface area (Å²) < 4.78 is 0. The molecule has 48 valence electrons. The van der Waals surface area contributed by atoms with Gasteiger partial charge in [0.25, 0.3) is 0 Å². The molecule has 0 aliphatic carbocycles. The van der Waals surface area contributed by atoms with Gasteiger partial charge in [0.2, 0.25) is 0 Å². The van der Waals surface area contributed by atoms with Crippen molar-refractivity contribution in [3.05, 3.63) is 6.42 Å². The molecular weight excluding hydrogens is 96.1 g/mol. The Bertz CT molecular complexity index is 42.8. The van der Waals surface area contributed by atoms with Gasteiger partial charge in [0.05, 0.1) is 0 Å². The quantitative estimate of drug-likeness (QED) is 0.526. The van der Waals surface area contributed by atoms with E-state index in [2.05, 4.69) is 27.2 Å². The highest BCUT2D eigenvalue weighted by molar-refractivity contribution is 4.82. The van der Waals surface area contributed by atoms with E-state index in [1.807, 2.05) is 6.92 Å². The lowest BCUT2D eigenvalue weighted by atomic mass is 9.82. The van der Waals surface area contributed by atoms with Crippen molar-refractivity contribution in [2.45, 2.75) is 40.5 Å². The van der Waals surface area contributed by atoms with Gasteiger partial charge in [-0.15, -0.1) is 0 Å². The normalized spacial score (nSPS) is 12.0. The van der Waals surface area contributed by atoms with E-state index in [1.54, 1.807) is 0 Å². The summed E-state index contributed by atoms with van der Waals surface area (Å²) in [6, 6.07) is 0. The molecule has 0 heteroatoms. The van der Waals surface area contributed by atoms with Crippen LogP contribution in [0, 0.1) is 11.8 Å². The van der Waals surface area contributed by atoms with E-state index in [-0.39, 0.29) is 0 Å². The number of hydrogen-bond acceptors (Lipinski definition) is 0. The minimum absolute atomic E-state index is 0.375. The van der Waals surface area contributed by atoms with Crippen molar-refractivity contribution < 1.29 is 0 Å². The van der Waals surface area contributed by atoms with Crippen molar-refractivity contribution in [3.63, 3.8) is 0 Å². The zero-order valence-electron chi connectivity index (χ0n) is 6.41. The van der Waals surface area contributed by atoms with Crippen molar-refractivity contribution >= 4 is 0 Å². The van der Waals surface area contributed by atoms with E-state index in [0.29, 0.717) is 5.41 Å². The first-order valence-corrected chi connectivity index (χ1v) is 3.37. The largest absolute Gasteiger partial charge is 0.0648 e. The van der Waals surface area contributed by atoms with Crippen molar-refractivity contribution in [3.8, 4) is 0 Å². The lowest BCUT2D eigenvalue weighted by Gasteiger charge is -2.23. The van der Waals surface area contributed by atoms with Gasteiger partial charge in [-0.1, -0.05) is 40.5 Å². The van der Waals surface area contributed by atoms with Crippen LogP contribution in [-0.4, -0.2) is 0 Å². The van der Waals surface area contributed by atoms with Gasteiger partial charge in [-0.3, -0.25) is 0 Å². The summed E-state index contributed by atoms with van der Waals surface area (Å²) >= 11 is 0. The fourth-order valence-electron chi connectivity index (χ4n) is 0.604. The molecule has 0 N–H and O–H groups in total. The van der Waals surface area contributed by atoms with Crippen LogP contribution in [0.4, 0.5) is 0 Å². The van der Waals surface area contributed by atoms with Gasteiger partial charge < -0.3 is 0 Å². The van der Waals surface area contributed by atoms with Crippen LogP contribution in [0.1, 0.15) is 40.5 Å². The zero-order chi connectivity index (χ0) is 6.62. The summed E-state index contributed by atoms with van der Waals surface area (Å²) in [6.07, 6.45) is 5.69. The molecule has 0 atom stereocenters. The van der Waals surface area contributed by atoms with Crippen LogP contribution in [-0.2, 0) is 0 Å². The summed E-state index contributed by atoms with van der Waals surface area (Å²) in [5, 5.41) is 0. The minimum Gasteiger partial charge on any atom is -0.0648 e. The van der Waals surface area contributed by atoms with Crippen LogP contribution < -0.4 is 0 Å². The van der Waals surface area contributed by atoms with E-state index >= 15 is 0 Å². The molecule has 0 heterocycles. The van der Waals surface area contributed by atoms with E-state index in [4.69, 9.17) is 0 Å². The van der Waals surface area contributed by atoms with Gasteiger partial charge in [-0.05, 0) is 11.8 Å². The molecule has 0 amide bonds. The molecule has 0 unspecified atom stereocenters. The van der Waals surface area contributed by atoms with Gasteiger partial charge in [0.1, 0.15) is 0 Å². The lowest BCUT2D eigenvalue weighted by molar-refractivity contribution is 0.361. The summed E-state index contributed by atoms with van der Waals surface area (Å²) in [5.41, 5.74) is 0.375. The Labute approximate surface area is 53.3 Å². The first-order chi connectivity index (χ1) is 3.68. The van der Waals surface area contributed by atoms with Crippen LogP contribution in [0.25, 0.3) is 0 Å². The topological polar surface area (TPSA) is 0 Å². The van der Waals surface area contributed by atoms with E-state index in [1.165, 1.54) is 12.8 Å². The summed E-state index contributed by atoms with van der Waals surface area (Å²) in [7, 11) is 0. The van der Waals surface area contributed by atoms with Crippen molar-refractivity contribution in [1.29, 1.82) is 0 Å². The van der Waals surface area contributed by atoms with Crippen LogP contribution in [0.15, 0.2) is 0 Å². The molecule has 0 nitrogen and oxygen atoms in total. The Balaban J connectivity index is 3.58. The van der Waals surface area contributed by atoms with Crippen molar-refractivity contribution in [2.24, 2.45) is 5.41 Å². The second-order valence-electron chi connectivity index (χ2n) is 2.52. The second kappa shape index (κ2) is 3.11.